The Morgan fingerprint density at radius 3 is 2.68 bits per heavy atom. The summed E-state index contributed by atoms with van der Waals surface area (Å²) in [6.45, 7) is 6.78. The third-order valence-corrected chi connectivity index (χ3v) is 4.69. The van der Waals surface area contributed by atoms with Gasteiger partial charge in [0.2, 0.25) is 5.91 Å². The lowest BCUT2D eigenvalue weighted by atomic mass is 9.98. The van der Waals surface area contributed by atoms with E-state index in [1.165, 1.54) is 0 Å². The summed E-state index contributed by atoms with van der Waals surface area (Å²) in [5.41, 5.74) is 3.54. The van der Waals surface area contributed by atoms with Gasteiger partial charge in [0.1, 0.15) is 5.82 Å². The molecule has 2 N–H and O–H groups in total. The SMILES string of the molecule is Cc1cccc(C(C)C)c1NC(=O)CN(C)Cc1nc2ccccc2c(=O)[nH]1. The van der Waals surface area contributed by atoms with Crippen LogP contribution in [-0.2, 0) is 11.3 Å². The van der Waals surface area contributed by atoms with Crippen molar-refractivity contribution in [2.24, 2.45) is 0 Å². The average molecular weight is 378 g/mol. The Balaban J connectivity index is 1.70. The summed E-state index contributed by atoms with van der Waals surface area (Å²) in [7, 11) is 1.83. The first kappa shape index (κ1) is 19.8. The van der Waals surface area contributed by atoms with E-state index in [9.17, 15) is 9.59 Å². The number of anilines is 1. The van der Waals surface area contributed by atoms with Crippen molar-refractivity contribution in [3.63, 3.8) is 0 Å². The molecule has 1 heterocycles. The fourth-order valence-electron chi connectivity index (χ4n) is 3.29. The van der Waals surface area contributed by atoms with Crippen LogP contribution >= 0.6 is 0 Å². The van der Waals surface area contributed by atoms with Crippen LogP contribution in [0.5, 0.6) is 0 Å². The highest BCUT2D eigenvalue weighted by Gasteiger charge is 2.14. The number of carbonyl (C=O) groups excluding carboxylic acids is 1. The van der Waals surface area contributed by atoms with Crippen LogP contribution in [0, 0.1) is 6.92 Å². The number of nitrogens with zero attached hydrogens (tertiary/aromatic N) is 2. The quantitative estimate of drug-likeness (QED) is 0.689. The van der Waals surface area contributed by atoms with Gasteiger partial charge in [-0.15, -0.1) is 0 Å². The molecule has 146 valence electrons. The Morgan fingerprint density at radius 2 is 1.93 bits per heavy atom. The number of fused-ring (bicyclic) bond motifs is 1. The van der Waals surface area contributed by atoms with Gasteiger partial charge in [-0.2, -0.15) is 0 Å². The zero-order valence-corrected chi connectivity index (χ0v) is 16.7. The van der Waals surface area contributed by atoms with E-state index >= 15 is 0 Å². The molecule has 6 heteroatoms. The minimum atomic E-state index is -0.167. The molecule has 2 aromatic carbocycles. The molecule has 0 aliphatic rings. The zero-order chi connectivity index (χ0) is 20.3. The van der Waals surface area contributed by atoms with Gasteiger partial charge in [-0.25, -0.2) is 4.98 Å². The van der Waals surface area contributed by atoms with E-state index in [1.807, 2.05) is 55.3 Å². The number of likely N-dealkylation sites (N-methyl/N-ethyl adjacent to an activating group) is 1. The van der Waals surface area contributed by atoms with E-state index in [0.717, 1.165) is 16.8 Å². The summed E-state index contributed by atoms with van der Waals surface area (Å²) < 4.78 is 0. The van der Waals surface area contributed by atoms with Crippen LogP contribution < -0.4 is 10.9 Å². The number of hydrogen-bond acceptors (Lipinski definition) is 4. The number of aromatic nitrogens is 2. The summed E-state index contributed by atoms with van der Waals surface area (Å²) in [6.07, 6.45) is 0. The van der Waals surface area contributed by atoms with Crippen LogP contribution in [0.3, 0.4) is 0 Å². The second kappa shape index (κ2) is 8.35. The molecular weight excluding hydrogens is 352 g/mol. The van der Waals surface area contributed by atoms with Crippen LogP contribution in [0.25, 0.3) is 10.9 Å². The number of carbonyl (C=O) groups is 1. The number of aromatic amines is 1. The van der Waals surface area contributed by atoms with Gasteiger partial charge < -0.3 is 10.3 Å². The predicted octanol–water partition coefficient (Wildman–Crippen LogP) is 3.43. The number of amides is 1. The summed E-state index contributed by atoms with van der Waals surface area (Å²) in [5.74, 6) is 0.763. The van der Waals surface area contributed by atoms with E-state index < -0.39 is 0 Å². The highest BCUT2D eigenvalue weighted by atomic mass is 16.2. The maximum atomic E-state index is 12.6. The number of rotatable bonds is 6. The van der Waals surface area contributed by atoms with Crippen molar-refractivity contribution in [1.29, 1.82) is 0 Å². The minimum absolute atomic E-state index is 0.0955. The van der Waals surface area contributed by atoms with Crippen LogP contribution in [-0.4, -0.2) is 34.4 Å². The Hall–Kier alpha value is -2.99. The molecule has 0 unspecified atom stereocenters. The summed E-state index contributed by atoms with van der Waals surface area (Å²) >= 11 is 0. The van der Waals surface area contributed by atoms with Crippen molar-refractivity contribution in [3.8, 4) is 0 Å². The van der Waals surface area contributed by atoms with Gasteiger partial charge in [0.25, 0.3) is 5.56 Å². The molecule has 0 radical (unpaired) electrons. The lowest BCUT2D eigenvalue weighted by Gasteiger charge is -2.19. The number of nitrogens with one attached hydrogen (secondary N) is 2. The van der Waals surface area contributed by atoms with E-state index in [1.54, 1.807) is 6.07 Å². The lowest BCUT2D eigenvalue weighted by Crippen LogP contribution is -2.31. The van der Waals surface area contributed by atoms with Gasteiger partial charge in [0.05, 0.1) is 24.0 Å². The van der Waals surface area contributed by atoms with Gasteiger partial charge in [0, 0.05) is 5.69 Å². The number of H-pyrrole nitrogens is 1. The number of hydrogen-bond donors (Lipinski definition) is 2. The molecule has 0 saturated carbocycles. The third kappa shape index (κ3) is 4.46. The molecule has 3 rings (SSSR count). The van der Waals surface area contributed by atoms with E-state index in [-0.39, 0.29) is 18.0 Å². The largest absolute Gasteiger partial charge is 0.324 e. The fourth-order valence-corrected chi connectivity index (χ4v) is 3.29. The first-order valence-electron chi connectivity index (χ1n) is 9.41. The van der Waals surface area contributed by atoms with Crippen LogP contribution in [0.2, 0.25) is 0 Å². The topological polar surface area (TPSA) is 78.1 Å². The standard InChI is InChI=1S/C22H26N4O2/c1-14(2)16-10-7-8-15(3)21(16)25-20(27)13-26(4)12-19-23-18-11-6-5-9-17(18)22(28)24-19/h5-11,14H,12-13H2,1-4H3,(H,25,27)(H,23,24,28). The molecule has 0 saturated heterocycles. The highest BCUT2D eigenvalue weighted by Crippen LogP contribution is 2.27. The molecule has 6 nitrogen and oxygen atoms in total. The predicted molar refractivity (Wildman–Crippen MR) is 113 cm³/mol. The molecule has 0 bridgehead atoms. The van der Waals surface area contributed by atoms with Gasteiger partial charge in [0.15, 0.2) is 0 Å². The third-order valence-electron chi connectivity index (χ3n) is 4.69. The van der Waals surface area contributed by atoms with Crippen molar-refractivity contribution in [1.82, 2.24) is 14.9 Å². The Morgan fingerprint density at radius 1 is 1.18 bits per heavy atom. The molecule has 0 aliphatic heterocycles. The molecule has 0 aliphatic carbocycles. The highest BCUT2D eigenvalue weighted by molar-refractivity contribution is 5.93. The van der Waals surface area contributed by atoms with Crippen molar-refractivity contribution < 1.29 is 4.79 Å². The molecule has 0 atom stereocenters. The smallest absolute Gasteiger partial charge is 0.258 e. The summed E-state index contributed by atoms with van der Waals surface area (Å²) in [5, 5.41) is 3.61. The monoisotopic (exact) mass is 378 g/mol. The molecule has 1 amide bonds. The van der Waals surface area contributed by atoms with Crippen molar-refractivity contribution >= 4 is 22.5 Å². The molecule has 1 aromatic heterocycles. The molecule has 0 fully saturated rings. The van der Waals surface area contributed by atoms with Crippen LogP contribution in [0.15, 0.2) is 47.3 Å². The van der Waals surface area contributed by atoms with Crippen molar-refractivity contribution in [2.45, 2.75) is 33.2 Å². The number of para-hydroxylation sites is 2. The maximum Gasteiger partial charge on any atom is 0.258 e. The normalized spacial score (nSPS) is 11.4. The Labute approximate surface area is 164 Å². The number of aryl methyl sites for hydroxylation is 1. The first-order valence-corrected chi connectivity index (χ1v) is 9.41. The van der Waals surface area contributed by atoms with Crippen LogP contribution in [0.4, 0.5) is 5.69 Å². The molecule has 3 aromatic rings. The minimum Gasteiger partial charge on any atom is -0.324 e. The van der Waals surface area contributed by atoms with Crippen LogP contribution in [0.1, 0.15) is 36.7 Å². The lowest BCUT2D eigenvalue weighted by molar-refractivity contribution is -0.117. The molecule has 0 spiro atoms. The van der Waals surface area contributed by atoms with E-state index in [0.29, 0.717) is 29.2 Å². The summed E-state index contributed by atoms with van der Waals surface area (Å²) in [4.78, 5) is 33.9. The van der Waals surface area contributed by atoms with Gasteiger partial charge in [-0.1, -0.05) is 44.2 Å². The average Bonchev–Trinajstić information content (AvgIpc) is 2.63. The van der Waals surface area contributed by atoms with Gasteiger partial charge in [-0.05, 0) is 43.1 Å². The molecule has 28 heavy (non-hydrogen) atoms. The fraction of sp³-hybridized carbons (Fsp3) is 0.318. The second-order valence-electron chi connectivity index (χ2n) is 7.44. The van der Waals surface area contributed by atoms with Gasteiger partial charge in [-0.3, -0.25) is 14.5 Å². The first-order chi connectivity index (χ1) is 13.3. The van der Waals surface area contributed by atoms with E-state index in [2.05, 4.69) is 29.1 Å². The second-order valence-corrected chi connectivity index (χ2v) is 7.44. The van der Waals surface area contributed by atoms with Crippen molar-refractivity contribution in [2.75, 3.05) is 18.9 Å². The summed E-state index contributed by atoms with van der Waals surface area (Å²) in [6, 6.07) is 13.3. The Kier molecular flexibility index (Phi) is 5.90. The maximum absolute atomic E-state index is 12.6. The number of benzene rings is 2. The zero-order valence-electron chi connectivity index (χ0n) is 16.7. The Bertz CT molecular complexity index is 1060. The molecular formula is C22H26N4O2. The van der Waals surface area contributed by atoms with E-state index in [4.69, 9.17) is 0 Å². The van der Waals surface area contributed by atoms with Crippen molar-refractivity contribution in [3.05, 3.63) is 69.8 Å². The van der Waals surface area contributed by atoms with Gasteiger partial charge >= 0.3 is 0 Å².